The molecule has 3 amide bonds. The Kier molecular flexibility index (Phi) is 4.08. The molecule has 0 radical (unpaired) electrons. The summed E-state index contributed by atoms with van der Waals surface area (Å²) in [6.45, 7) is 1.93. The van der Waals surface area contributed by atoms with E-state index in [0.29, 0.717) is 5.69 Å². The molecule has 0 spiro atoms. The molecule has 2 aromatic rings. The molecule has 0 saturated heterocycles. The zero-order valence-corrected chi connectivity index (χ0v) is 11.5. The van der Waals surface area contributed by atoms with E-state index in [1.165, 1.54) is 0 Å². The predicted molar refractivity (Wildman–Crippen MR) is 82.7 cm³/mol. The Balaban J connectivity index is 2.47. The van der Waals surface area contributed by atoms with Gasteiger partial charge in [0.15, 0.2) is 0 Å². The van der Waals surface area contributed by atoms with Crippen LogP contribution in [-0.2, 0) is 0 Å². The summed E-state index contributed by atoms with van der Waals surface area (Å²) < 4.78 is 0. The molecule has 6 nitrogen and oxygen atoms in total. The molecule has 1 aromatic carbocycles. The van der Waals surface area contributed by atoms with Gasteiger partial charge in [-0.2, -0.15) is 0 Å². The Morgan fingerprint density at radius 3 is 2.62 bits per heavy atom. The second-order valence-corrected chi connectivity index (χ2v) is 4.45. The smallest absolute Gasteiger partial charge is 0.317 e. The van der Waals surface area contributed by atoms with Crippen LogP contribution in [-0.4, -0.2) is 16.9 Å². The lowest BCUT2D eigenvalue weighted by molar-refractivity contribution is 0.100. The number of anilines is 1. The van der Waals surface area contributed by atoms with Gasteiger partial charge in [-0.25, -0.2) is 4.79 Å². The minimum Gasteiger partial charge on any atom is -0.365 e. The van der Waals surface area contributed by atoms with Crippen LogP contribution in [0.4, 0.5) is 10.6 Å². The van der Waals surface area contributed by atoms with Gasteiger partial charge in [-0.05, 0) is 30.2 Å². The second kappa shape index (κ2) is 5.96. The van der Waals surface area contributed by atoms with Gasteiger partial charge >= 0.3 is 6.03 Å². The summed E-state index contributed by atoms with van der Waals surface area (Å²) in [6.07, 6.45) is 3.90. The maximum atomic E-state index is 11.4. The molecule has 0 fully saturated rings. The summed E-state index contributed by atoms with van der Waals surface area (Å²) >= 11 is 0. The third-order valence-electron chi connectivity index (χ3n) is 2.89. The van der Waals surface area contributed by atoms with Crippen LogP contribution in [0.2, 0.25) is 0 Å². The first kappa shape index (κ1) is 14.4. The Bertz CT molecular complexity index is 716. The number of hydrogen-bond donors (Lipinski definition) is 4. The summed E-state index contributed by atoms with van der Waals surface area (Å²) in [4.78, 5) is 25.3. The highest BCUT2D eigenvalue weighted by Gasteiger charge is 2.15. The van der Waals surface area contributed by atoms with Crippen LogP contribution in [0, 0.1) is 0 Å². The minimum atomic E-state index is -0.770. The fourth-order valence-electron chi connectivity index (χ4n) is 2.03. The molecule has 1 heterocycles. The summed E-state index contributed by atoms with van der Waals surface area (Å²) in [5.74, 6) is -0.452. The first-order valence-corrected chi connectivity index (χ1v) is 6.33. The van der Waals surface area contributed by atoms with Crippen LogP contribution in [0.15, 0.2) is 36.4 Å². The third kappa shape index (κ3) is 3.30. The zero-order chi connectivity index (χ0) is 15.4. The predicted octanol–water partition coefficient (Wildman–Crippen LogP) is 2.30. The molecule has 21 heavy (non-hydrogen) atoms. The van der Waals surface area contributed by atoms with Crippen molar-refractivity contribution in [1.29, 1.82) is 0 Å². The normalized spacial score (nSPS) is 10.7. The molecule has 2 rings (SSSR count). The third-order valence-corrected chi connectivity index (χ3v) is 2.89. The van der Waals surface area contributed by atoms with Gasteiger partial charge in [-0.15, -0.1) is 0 Å². The van der Waals surface area contributed by atoms with E-state index < -0.39 is 11.9 Å². The number of hydrogen-bond acceptors (Lipinski definition) is 2. The topological polar surface area (TPSA) is 114 Å². The van der Waals surface area contributed by atoms with Gasteiger partial charge in [0.05, 0.1) is 5.56 Å². The van der Waals surface area contributed by atoms with E-state index >= 15 is 0 Å². The minimum absolute atomic E-state index is 0.181. The molecule has 108 valence electrons. The Labute approximate surface area is 121 Å². The van der Waals surface area contributed by atoms with Crippen molar-refractivity contribution in [1.82, 2.24) is 4.98 Å². The molecule has 0 bridgehead atoms. The molecule has 6 N–H and O–H groups in total. The number of carbonyl (C=O) groups excluding carboxylic acids is 2. The van der Waals surface area contributed by atoms with Crippen LogP contribution >= 0.6 is 0 Å². The molecule has 0 saturated carbocycles. The number of carbonyl (C=O) groups is 2. The highest BCUT2D eigenvalue weighted by Crippen LogP contribution is 2.26. The van der Waals surface area contributed by atoms with Gasteiger partial charge in [0.2, 0.25) is 0 Å². The number of urea groups is 1. The molecule has 0 aliphatic heterocycles. The number of rotatable bonds is 4. The van der Waals surface area contributed by atoms with Crippen LogP contribution in [0.3, 0.4) is 0 Å². The molecule has 6 heteroatoms. The van der Waals surface area contributed by atoms with Crippen molar-refractivity contribution in [3.8, 4) is 11.3 Å². The van der Waals surface area contributed by atoms with Crippen molar-refractivity contribution < 1.29 is 9.59 Å². The van der Waals surface area contributed by atoms with Crippen molar-refractivity contribution in [2.45, 2.75) is 6.92 Å². The molecule has 1 aromatic heterocycles. The lowest BCUT2D eigenvalue weighted by atomic mass is 10.1. The monoisotopic (exact) mass is 284 g/mol. The number of aromatic amines is 1. The van der Waals surface area contributed by atoms with Gasteiger partial charge in [-0.3, -0.25) is 10.1 Å². The van der Waals surface area contributed by atoms with Crippen molar-refractivity contribution >= 4 is 23.8 Å². The second-order valence-electron chi connectivity index (χ2n) is 4.45. The number of amides is 3. The van der Waals surface area contributed by atoms with E-state index in [1.54, 1.807) is 6.07 Å². The van der Waals surface area contributed by atoms with Gasteiger partial charge in [0.25, 0.3) is 5.91 Å². The average Bonchev–Trinajstić information content (AvgIpc) is 2.83. The van der Waals surface area contributed by atoms with E-state index in [1.807, 2.05) is 43.3 Å². The van der Waals surface area contributed by atoms with E-state index in [4.69, 9.17) is 11.5 Å². The first-order chi connectivity index (χ1) is 10.0. The summed E-state index contributed by atoms with van der Waals surface area (Å²) in [6, 6.07) is 8.51. The maximum Gasteiger partial charge on any atom is 0.317 e. The summed E-state index contributed by atoms with van der Waals surface area (Å²) in [5.41, 5.74) is 13.1. The number of nitrogens with two attached hydrogens (primary N) is 2. The molecule has 0 atom stereocenters. The zero-order valence-electron chi connectivity index (χ0n) is 11.5. The lowest BCUT2D eigenvalue weighted by Crippen LogP contribution is -2.22. The number of nitrogens with one attached hydrogen (secondary N) is 2. The first-order valence-electron chi connectivity index (χ1n) is 6.33. The number of benzene rings is 1. The van der Waals surface area contributed by atoms with Gasteiger partial charge in [0.1, 0.15) is 5.82 Å². The van der Waals surface area contributed by atoms with Crippen LogP contribution in [0.5, 0.6) is 0 Å². The van der Waals surface area contributed by atoms with E-state index in [0.717, 1.165) is 11.1 Å². The number of primary amides is 2. The summed E-state index contributed by atoms with van der Waals surface area (Å²) in [7, 11) is 0. The van der Waals surface area contributed by atoms with Gasteiger partial charge in [-0.1, -0.05) is 30.4 Å². The Morgan fingerprint density at radius 2 is 2.00 bits per heavy atom. The number of aromatic nitrogens is 1. The highest BCUT2D eigenvalue weighted by atomic mass is 16.2. The van der Waals surface area contributed by atoms with E-state index in [2.05, 4.69) is 10.3 Å². The molecule has 0 unspecified atom stereocenters. The quantitative estimate of drug-likeness (QED) is 0.690. The van der Waals surface area contributed by atoms with E-state index in [9.17, 15) is 9.59 Å². The Hall–Kier alpha value is -3.02. The molecular formula is C15H16N4O2. The Morgan fingerprint density at radius 1 is 1.24 bits per heavy atom. The molecular weight excluding hydrogens is 268 g/mol. The largest absolute Gasteiger partial charge is 0.365 e. The van der Waals surface area contributed by atoms with Crippen molar-refractivity contribution in [2.75, 3.05) is 5.32 Å². The van der Waals surface area contributed by atoms with Crippen molar-refractivity contribution in [3.63, 3.8) is 0 Å². The van der Waals surface area contributed by atoms with Crippen molar-refractivity contribution in [3.05, 3.63) is 47.5 Å². The van der Waals surface area contributed by atoms with Crippen molar-refractivity contribution in [2.24, 2.45) is 11.5 Å². The van der Waals surface area contributed by atoms with Crippen LogP contribution in [0.25, 0.3) is 17.3 Å². The highest BCUT2D eigenvalue weighted by molar-refractivity contribution is 6.03. The maximum absolute atomic E-state index is 11.4. The van der Waals surface area contributed by atoms with E-state index in [-0.39, 0.29) is 11.4 Å². The summed E-state index contributed by atoms with van der Waals surface area (Å²) in [5, 5.41) is 2.35. The number of allylic oxidation sites excluding steroid dienone is 1. The SMILES string of the molecule is C/C=C/c1cccc(-c2cc(C(N)=O)c(NC(N)=O)[nH]2)c1. The van der Waals surface area contributed by atoms with Crippen LogP contribution in [0.1, 0.15) is 22.8 Å². The average molecular weight is 284 g/mol. The molecule has 0 aliphatic carbocycles. The fourth-order valence-corrected chi connectivity index (χ4v) is 2.03. The van der Waals surface area contributed by atoms with Crippen LogP contribution < -0.4 is 16.8 Å². The lowest BCUT2D eigenvalue weighted by Gasteiger charge is -2.01. The fraction of sp³-hybridized carbons (Fsp3) is 0.0667. The van der Waals surface area contributed by atoms with Gasteiger partial charge in [0, 0.05) is 5.69 Å². The number of H-pyrrole nitrogens is 1. The molecule has 0 aliphatic rings. The standard InChI is InChI=1S/C15H16N4O2/c1-2-4-9-5-3-6-10(7-9)12-8-11(13(16)20)14(18-12)19-15(17)21/h2-8,18H,1H3,(H2,16,20)(H3,17,19,21)/b4-2+. The van der Waals surface area contributed by atoms with Gasteiger partial charge < -0.3 is 16.5 Å².